The first kappa shape index (κ1) is 24.9. The number of benzene rings is 1. The van der Waals surface area contributed by atoms with E-state index in [1.54, 1.807) is 6.07 Å². The number of ether oxygens (including phenoxy) is 1. The van der Waals surface area contributed by atoms with Crippen molar-refractivity contribution >= 4 is 11.0 Å². The number of alkyl halides is 2. The SMILES string of the molecule is Cc1ccc2cc(C3CCC(c4c(C)cccc4F)CC3)c(=O)n(Cc3nccnc3OC(F)F)c2n1. The fourth-order valence-corrected chi connectivity index (χ4v) is 5.45. The van der Waals surface area contributed by atoms with E-state index in [0.29, 0.717) is 11.2 Å². The largest absolute Gasteiger partial charge is 0.415 e. The molecule has 6 nitrogen and oxygen atoms in total. The minimum absolute atomic E-state index is 0.00794. The molecule has 37 heavy (non-hydrogen) atoms. The van der Waals surface area contributed by atoms with Gasteiger partial charge >= 0.3 is 6.61 Å². The van der Waals surface area contributed by atoms with Crippen molar-refractivity contribution in [2.24, 2.45) is 0 Å². The molecule has 4 aromatic rings. The van der Waals surface area contributed by atoms with Crippen LogP contribution in [0, 0.1) is 19.7 Å². The molecule has 192 valence electrons. The van der Waals surface area contributed by atoms with Gasteiger partial charge in [0.15, 0.2) is 0 Å². The van der Waals surface area contributed by atoms with E-state index in [1.165, 1.54) is 23.0 Å². The lowest BCUT2D eigenvalue weighted by atomic mass is 9.75. The highest BCUT2D eigenvalue weighted by Gasteiger charge is 2.29. The first-order valence-electron chi connectivity index (χ1n) is 12.3. The van der Waals surface area contributed by atoms with Crippen LogP contribution in [0.1, 0.15) is 65.6 Å². The number of rotatable bonds is 6. The van der Waals surface area contributed by atoms with E-state index < -0.39 is 6.61 Å². The number of aryl methyl sites for hydroxylation is 2. The van der Waals surface area contributed by atoms with Gasteiger partial charge in [-0.2, -0.15) is 8.78 Å². The Balaban J connectivity index is 1.51. The van der Waals surface area contributed by atoms with Gasteiger partial charge < -0.3 is 4.74 Å². The molecule has 0 amide bonds. The lowest BCUT2D eigenvalue weighted by molar-refractivity contribution is -0.0538. The highest BCUT2D eigenvalue weighted by atomic mass is 19.3. The van der Waals surface area contributed by atoms with Crippen molar-refractivity contribution in [3.8, 4) is 5.88 Å². The van der Waals surface area contributed by atoms with Crippen LogP contribution in [0.25, 0.3) is 11.0 Å². The summed E-state index contributed by atoms with van der Waals surface area (Å²) in [6.45, 7) is 0.574. The predicted molar refractivity (Wildman–Crippen MR) is 134 cm³/mol. The summed E-state index contributed by atoms with van der Waals surface area (Å²) < 4.78 is 46.5. The van der Waals surface area contributed by atoms with E-state index in [-0.39, 0.29) is 41.3 Å². The summed E-state index contributed by atoms with van der Waals surface area (Å²) >= 11 is 0. The average molecular weight is 509 g/mol. The second-order valence-electron chi connectivity index (χ2n) is 9.56. The third-order valence-electron chi connectivity index (χ3n) is 7.19. The summed E-state index contributed by atoms with van der Waals surface area (Å²) in [5.41, 5.74) is 3.39. The van der Waals surface area contributed by atoms with Gasteiger partial charge in [-0.3, -0.25) is 14.3 Å². The minimum atomic E-state index is -3.07. The standard InChI is InChI=1S/C28H27F3N4O2/c1-16-4-3-5-22(29)24(16)19-10-8-18(9-11-19)21-14-20-7-6-17(2)34-25(20)35(27(21)36)15-23-26(37-28(30)31)33-13-12-32-23/h3-7,12-14,18-19,28H,8-11,15H2,1-2H3. The second-order valence-corrected chi connectivity index (χ2v) is 9.56. The highest BCUT2D eigenvalue weighted by Crippen LogP contribution is 2.41. The summed E-state index contributed by atoms with van der Waals surface area (Å²) in [7, 11) is 0. The molecule has 1 aromatic carbocycles. The number of hydrogen-bond donors (Lipinski definition) is 0. The van der Waals surface area contributed by atoms with E-state index in [2.05, 4.69) is 19.7 Å². The van der Waals surface area contributed by atoms with Gasteiger partial charge in [-0.1, -0.05) is 12.1 Å². The van der Waals surface area contributed by atoms with E-state index in [1.807, 2.05) is 38.1 Å². The van der Waals surface area contributed by atoms with Crippen LogP contribution in [0.15, 0.2) is 53.6 Å². The molecule has 1 aliphatic rings. The third-order valence-corrected chi connectivity index (χ3v) is 7.19. The Bertz CT molecular complexity index is 1480. The highest BCUT2D eigenvalue weighted by molar-refractivity contribution is 5.76. The molecule has 3 aromatic heterocycles. The average Bonchev–Trinajstić information content (AvgIpc) is 2.87. The molecule has 1 saturated carbocycles. The Morgan fingerprint density at radius 1 is 1.03 bits per heavy atom. The van der Waals surface area contributed by atoms with Crippen LogP contribution in [0.5, 0.6) is 5.88 Å². The summed E-state index contributed by atoms with van der Waals surface area (Å²) in [5, 5.41) is 0.771. The molecule has 1 aliphatic carbocycles. The minimum Gasteiger partial charge on any atom is -0.415 e. The van der Waals surface area contributed by atoms with Crippen LogP contribution in [-0.2, 0) is 6.54 Å². The Hall–Kier alpha value is -3.75. The predicted octanol–water partition coefficient (Wildman–Crippen LogP) is 6.03. The van der Waals surface area contributed by atoms with Crippen molar-refractivity contribution in [1.82, 2.24) is 19.5 Å². The van der Waals surface area contributed by atoms with Gasteiger partial charge in [-0.25, -0.2) is 14.4 Å². The first-order chi connectivity index (χ1) is 17.8. The van der Waals surface area contributed by atoms with E-state index in [4.69, 9.17) is 0 Å². The van der Waals surface area contributed by atoms with Crippen molar-refractivity contribution in [1.29, 1.82) is 0 Å². The Labute approximate surface area is 212 Å². The summed E-state index contributed by atoms with van der Waals surface area (Å²) in [6.07, 6.45) is 5.65. The molecule has 0 N–H and O–H groups in total. The molecule has 1 fully saturated rings. The van der Waals surface area contributed by atoms with Crippen LogP contribution in [0.4, 0.5) is 13.2 Å². The van der Waals surface area contributed by atoms with Crippen LogP contribution in [0.3, 0.4) is 0 Å². The monoisotopic (exact) mass is 508 g/mol. The van der Waals surface area contributed by atoms with Crippen molar-refractivity contribution in [3.05, 3.63) is 93.0 Å². The van der Waals surface area contributed by atoms with Gasteiger partial charge in [0.2, 0.25) is 5.88 Å². The summed E-state index contributed by atoms with van der Waals surface area (Å²) in [5.74, 6) is -0.398. The molecule has 5 rings (SSSR count). The molecule has 0 saturated heterocycles. The van der Waals surface area contributed by atoms with Gasteiger partial charge in [-0.15, -0.1) is 0 Å². The Morgan fingerprint density at radius 3 is 2.49 bits per heavy atom. The topological polar surface area (TPSA) is 69.9 Å². The fourth-order valence-electron chi connectivity index (χ4n) is 5.45. The zero-order chi connectivity index (χ0) is 26.1. The van der Waals surface area contributed by atoms with E-state index in [9.17, 15) is 18.0 Å². The summed E-state index contributed by atoms with van der Waals surface area (Å²) in [6, 6.07) is 10.8. The maximum Gasteiger partial charge on any atom is 0.388 e. The number of halogens is 3. The van der Waals surface area contributed by atoms with Crippen LogP contribution >= 0.6 is 0 Å². The van der Waals surface area contributed by atoms with Crippen molar-refractivity contribution in [2.75, 3.05) is 0 Å². The smallest absolute Gasteiger partial charge is 0.388 e. The number of nitrogens with zero attached hydrogens (tertiary/aromatic N) is 4. The van der Waals surface area contributed by atoms with Gasteiger partial charge in [0.1, 0.15) is 17.2 Å². The van der Waals surface area contributed by atoms with Crippen LogP contribution in [0.2, 0.25) is 0 Å². The molecule has 0 bridgehead atoms. The number of fused-ring (bicyclic) bond motifs is 1. The van der Waals surface area contributed by atoms with Crippen molar-refractivity contribution in [2.45, 2.75) is 64.5 Å². The molecular weight excluding hydrogens is 481 g/mol. The van der Waals surface area contributed by atoms with Crippen LogP contribution in [-0.4, -0.2) is 26.1 Å². The zero-order valence-electron chi connectivity index (χ0n) is 20.6. The van der Waals surface area contributed by atoms with Crippen molar-refractivity contribution in [3.63, 3.8) is 0 Å². The number of hydrogen-bond acceptors (Lipinski definition) is 5. The molecule has 3 heterocycles. The fraction of sp³-hybridized carbons (Fsp3) is 0.357. The van der Waals surface area contributed by atoms with E-state index >= 15 is 0 Å². The molecule has 0 spiro atoms. The van der Waals surface area contributed by atoms with Crippen LogP contribution < -0.4 is 10.3 Å². The van der Waals surface area contributed by atoms with Crippen molar-refractivity contribution < 1.29 is 17.9 Å². The lowest BCUT2D eigenvalue weighted by Crippen LogP contribution is -2.29. The lowest BCUT2D eigenvalue weighted by Gasteiger charge is -2.30. The Morgan fingerprint density at radius 2 is 1.76 bits per heavy atom. The van der Waals surface area contributed by atoms with Gasteiger partial charge in [0.25, 0.3) is 5.56 Å². The first-order valence-corrected chi connectivity index (χ1v) is 12.3. The molecule has 0 radical (unpaired) electrons. The maximum atomic E-state index is 14.6. The molecule has 9 heteroatoms. The zero-order valence-corrected chi connectivity index (χ0v) is 20.6. The molecular formula is C28H27F3N4O2. The third kappa shape index (κ3) is 5.08. The summed E-state index contributed by atoms with van der Waals surface area (Å²) in [4.78, 5) is 26.4. The Kier molecular flexibility index (Phi) is 6.95. The van der Waals surface area contributed by atoms with Gasteiger partial charge in [-0.05, 0) is 86.8 Å². The van der Waals surface area contributed by atoms with Gasteiger partial charge in [0, 0.05) is 29.0 Å². The molecule has 0 aliphatic heterocycles. The number of pyridine rings is 2. The second kappa shape index (κ2) is 10.3. The van der Waals surface area contributed by atoms with E-state index in [0.717, 1.165) is 47.9 Å². The molecule has 0 atom stereocenters. The normalized spacial score (nSPS) is 17.9. The van der Waals surface area contributed by atoms with Gasteiger partial charge in [0.05, 0.1) is 6.54 Å². The number of aromatic nitrogens is 4. The quantitative estimate of drug-likeness (QED) is 0.318. The molecule has 0 unspecified atom stereocenters. The maximum absolute atomic E-state index is 14.6.